The highest BCUT2D eigenvalue weighted by Crippen LogP contribution is 2.43. The van der Waals surface area contributed by atoms with Crippen LogP contribution in [0.25, 0.3) is 0 Å². The van der Waals surface area contributed by atoms with Crippen molar-refractivity contribution in [3.8, 4) is 17.2 Å². The standard InChI is InChI=1S/C13H19NO3/c1-8(2)4-10(14)9-5-11(15-3)13-12(6-9)16-7-17-13/h5-6,8,10H,4,7,14H2,1-3H3/t10-/m0/s1. The van der Waals surface area contributed by atoms with Crippen molar-refractivity contribution in [2.45, 2.75) is 26.3 Å². The summed E-state index contributed by atoms with van der Waals surface area (Å²) in [7, 11) is 1.62. The Morgan fingerprint density at radius 2 is 2.12 bits per heavy atom. The molecule has 0 amide bonds. The molecule has 4 heteroatoms. The number of hydrogen-bond donors (Lipinski definition) is 1. The molecule has 1 heterocycles. The third kappa shape index (κ3) is 2.47. The first-order chi connectivity index (χ1) is 8.11. The maximum Gasteiger partial charge on any atom is 0.231 e. The van der Waals surface area contributed by atoms with Crippen LogP contribution >= 0.6 is 0 Å². The Labute approximate surface area is 102 Å². The summed E-state index contributed by atoms with van der Waals surface area (Å²) in [6, 6.07) is 3.87. The molecule has 0 radical (unpaired) electrons. The summed E-state index contributed by atoms with van der Waals surface area (Å²) in [6.45, 7) is 4.56. The Bertz CT molecular complexity index is 404. The summed E-state index contributed by atoms with van der Waals surface area (Å²) in [5.74, 6) is 2.64. The molecular formula is C13H19NO3. The Morgan fingerprint density at radius 3 is 2.76 bits per heavy atom. The highest BCUT2D eigenvalue weighted by atomic mass is 16.7. The van der Waals surface area contributed by atoms with Gasteiger partial charge in [-0.3, -0.25) is 0 Å². The first-order valence-electron chi connectivity index (χ1n) is 5.85. The molecule has 0 aliphatic carbocycles. The lowest BCUT2D eigenvalue weighted by atomic mass is 9.97. The number of ether oxygens (including phenoxy) is 3. The van der Waals surface area contributed by atoms with E-state index >= 15 is 0 Å². The Kier molecular flexibility index (Phi) is 3.43. The van der Waals surface area contributed by atoms with Crippen molar-refractivity contribution >= 4 is 0 Å². The first kappa shape index (κ1) is 12.0. The molecule has 1 aromatic carbocycles. The molecule has 0 spiro atoms. The van der Waals surface area contributed by atoms with E-state index in [2.05, 4.69) is 13.8 Å². The maximum atomic E-state index is 6.16. The molecule has 0 fully saturated rings. The molecule has 2 rings (SSSR count). The van der Waals surface area contributed by atoms with E-state index in [1.807, 2.05) is 12.1 Å². The van der Waals surface area contributed by atoms with Gasteiger partial charge < -0.3 is 19.9 Å². The van der Waals surface area contributed by atoms with Crippen molar-refractivity contribution in [3.63, 3.8) is 0 Å². The number of rotatable bonds is 4. The van der Waals surface area contributed by atoms with Crippen molar-refractivity contribution in [1.82, 2.24) is 0 Å². The Hall–Kier alpha value is -1.42. The second kappa shape index (κ2) is 4.84. The van der Waals surface area contributed by atoms with E-state index in [0.29, 0.717) is 17.4 Å². The van der Waals surface area contributed by atoms with Crippen LogP contribution < -0.4 is 19.9 Å². The zero-order chi connectivity index (χ0) is 12.4. The monoisotopic (exact) mass is 237 g/mol. The van der Waals surface area contributed by atoms with Gasteiger partial charge in [0.25, 0.3) is 0 Å². The first-order valence-corrected chi connectivity index (χ1v) is 5.85. The van der Waals surface area contributed by atoms with E-state index < -0.39 is 0 Å². The van der Waals surface area contributed by atoms with Gasteiger partial charge in [-0.25, -0.2) is 0 Å². The van der Waals surface area contributed by atoms with Crippen molar-refractivity contribution in [3.05, 3.63) is 17.7 Å². The summed E-state index contributed by atoms with van der Waals surface area (Å²) in [5.41, 5.74) is 7.19. The molecule has 1 aromatic rings. The predicted molar refractivity (Wildman–Crippen MR) is 65.5 cm³/mol. The van der Waals surface area contributed by atoms with Crippen LogP contribution in [0.4, 0.5) is 0 Å². The SMILES string of the molecule is COc1cc([C@@H](N)CC(C)C)cc2c1OCO2. The lowest BCUT2D eigenvalue weighted by Crippen LogP contribution is -2.13. The lowest BCUT2D eigenvalue weighted by Gasteiger charge is -2.16. The normalized spacial score (nSPS) is 15.1. The zero-order valence-corrected chi connectivity index (χ0v) is 10.5. The fourth-order valence-electron chi connectivity index (χ4n) is 2.01. The van der Waals surface area contributed by atoms with Gasteiger partial charge >= 0.3 is 0 Å². The van der Waals surface area contributed by atoms with Gasteiger partial charge in [-0.15, -0.1) is 0 Å². The van der Waals surface area contributed by atoms with Crippen LogP contribution in [0.15, 0.2) is 12.1 Å². The number of methoxy groups -OCH3 is 1. The number of hydrogen-bond acceptors (Lipinski definition) is 4. The predicted octanol–water partition coefficient (Wildman–Crippen LogP) is 2.47. The number of nitrogens with two attached hydrogens (primary N) is 1. The van der Waals surface area contributed by atoms with Crippen LogP contribution in [-0.2, 0) is 0 Å². The van der Waals surface area contributed by atoms with Gasteiger partial charge in [0.15, 0.2) is 11.5 Å². The van der Waals surface area contributed by atoms with Crippen molar-refractivity contribution in [2.24, 2.45) is 11.7 Å². The summed E-state index contributed by atoms with van der Waals surface area (Å²) < 4.78 is 16.0. The van der Waals surface area contributed by atoms with Gasteiger partial charge in [0.1, 0.15) is 0 Å². The van der Waals surface area contributed by atoms with Crippen LogP contribution in [0.2, 0.25) is 0 Å². The van der Waals surface area contributed by atoms with E-state index in [4.69, 9.17) is 19.9 Å². The van der Waals surface area contributed by atoms with Crippen LogP contribution in [0.3, 0.4) is 0 Å². The highest BCUT2D eigenvalue weighted by molar-refractivity contribution is 5.55. The lowest BCUT2D eigenvalue weighted by molar-refractivity contribution is 0.171. The minimum Gasteiger partial charge on any atom is -0.493 e. The molecule has 4 nitrogen and oxygen atoms in total. The minimum atomic E-state index is -0.00148. The molecule has 94 valence electrons. The van der Waals surface area contributed by atoms with E-state index in [9.17, 15) is 0 Å². The maximum absolute atomic E-state index is 6.16. The highest BCUT2D eigenvalue weighted by Gasteiger charge is 2.22. The molecule has 1 atom stereocenters. The summed E-state index contributed by atoms with van der Waals surface area (Å²) >= 11 is 0. The van der Waals surface area contributed by atoms with Gasteiger partial charge in [-0.2, -0.15) is 0 Å². The topological polar surface area (TPSA) is 53.7 Å². The fourth-order valence-corrected chi connectivity index (χ4v) is 2.01. The van der Waals surface area contributed by atoms with E-state index in [-0.39, 0.29) is 12.8 Å². The molecule has 0 saturated heterocycles. The van der Waals surface area contributed by atoms with Crippen molar-refractivity contribution in [1.29, 1.82) is 0 Å². The van der Waals surface area contributed by atoms with Crippen molar-refractivity contribution in [2.75, 3.05) is 13.9 Å². The summed E-state index contributed by atoms with van der Waals surface area (Å²) in [4.78, 5) is 0. The molecule has 1 aliphatic rings. The van der Waals surface area contributed by atoms with Gasteiger partial charge in [0, 0.05) is 6.04 Å². The van der Waals surface area contributed by atoms with Gasteiger partial charge in [0.2, 0.25) is 12.5 Å². The average molecular weight is 237 g/mol. The molecule has 0 saturated carbocycles. The van der Waals surface area contributed by atoms with E-state index in [1.165, 1.54) is 0 Å². The molecule has 17 heavy (non-hydrogen) atoms. The quantitative estimate of drug-likeness (QED) is 0.874. The molecular weight excluding hydrogens is 218 g/mol. The third-order valence-electron chi connectivity index (χ3n) is 2.83. The van der Waals surface area contributed by atoms with Gasteiger partial charge in [0.05, 0.1) is 7.11 Å². The second-order valence-corrected chi connectivity index (χ2v) is 4.69. The van der Waals surface area contributed by atoms with Crippen molar-refractivity contribution < 1.29 is 14.2 Å². The van der Waals surface area contributed by atoms with Gasteiger partial charge in [-0.1, -0.05) is 13.8 Å². The molecule has 0 bridgehead atoms. The fraction of sp³-hybridized carbons (Fsp3) is 0.538. The van der Waals surface area contributed by atoms with Crippen LogP contribution in [0.5, 0.6) is 17.2 Å². The molecule has 0 aromatic heterocycles. The molecule has 1 aliphatic heterocycles. The third-order valence-corrected chi connectivity index (χ3v) is 2.83. The second-order valence-electron chi connectivity index (χ2n) is 4.69. The number of fused-ring (bicyclic) bond motifs is 1. The summed E-state index contributed by atoms with van der Waals surface area (Å²) in [6.07, 6.45) is 0.933. The van der Waals surface area contributed by atoms with Gasteiger partial charge in [-0.05, 0) is 30.0 Å². The minimum absolute atomic E-state index is 0.00148. The largest absolute Gasteiger partial charge is 0.493 e. The molecule has 0 unspecified atom stereocenters. The van der Waals surface area contributed by atoms with E-state index in [1.54, 1.807) is 7.11 Å². The molecule has 2 N–H and O–H groups in total. The smallest absolute Gasteiger partial charge is 0.231 e. The van der Waals surface area contributed by atoms with Crippen LogP contribution in [0.1, 0.15) is 31.9 Å². The van der Waals surface area contributed by atoms with Crippen LogP contribution in [0, 0.1) is 5.92 Å². The zero-order valence-electron chi connectivity index (χ0n) is 10.5. The summed E-state index contributed by atoms with van der Waals surface area (Å²) in [5, 5.41) is 0. The van der Waals surface area contributed by atoms with Crippen LogP contribution in [-0.4, -0.2) is 13.9 Å². The Balaban J connectivity index is 2.30. The Morgan fingerprint density at radius 1 is 1.35 bits per heavy atom. The number of benzene rings is 1. The average Bonchev–Trinajstić information content (AvgIpc) is 2.74. The van der Waals surface area contributed by atoms with E-state index in [0.717, 1.165) is 17.7 Å².